The van der Waals surface area contributed by atoms with Crippen molar-refractivity contribution in [2.75, 3.05) is 18.5 Å². The molecule has 0 atom stereocenters. The predicted octanol–water partition coefficient (Wildman–Crippen LogP) is 2.11. The minimum atomic E-state index is -1.17. The number of hydrogen-bond acceptors (Lipinski definition) is 5. The number of nitrogens with one attached hydrogen (secondary N) is 1. The molecule has 0 radical (unpaired) electrons. The van der Waals surface area contributed by atoms with E-state index in [2.05, 4.69) is 5.43 Å². The highest BCUT2D eigenvalue weighted by Crippen LogP contribution is 2.26. The molecule has 0 spiro atoms. The maximum absolute atomic E-state index is 11.0. The van der Waals surface area contributed by atoms with Gasteiger partial charge in [0.25, 0.3) is 5.69 Å². The summed E-state index contributed by atoms with van der Waals surface area (Å²) in [5, 5.41) is 21.8. The number of nitrogens with zero attached hydrogens (tertiary/aromatic N) is 2. The second kappa shape index (κ2) is 5.66. The zero-order chi connectivity index (χ0) is 13.8. The van der Waals surface area contributed by atoms with Crippen LogP contribution in [0.1, 0.15) is 29.6 Å². The van der Waals surface area contributed by atoms with Crippen LogP contribution in [-0.2, 0) is 0 Å². The third-order valence-corrected chi connectivity index (χ3v) is 3.08. The molecule has 0 aromatic heterocycles. The number of benzene rings is 1. The fourth-order valence-corrected chi connectivity index (χ4v) is 2.09. The summed E-state index contributed by atoms with van der Waals surface area (Å²) in [5.74, 6) is -1.17. The van der Waals surface area contributed by atoms with E-state index in [1.807, 2.05) is 5.01 Å². The fraction of sp³-hybridized carbons (Fsp3) is 0.417. The van der Waals surface area contributed by atoms with Crippen molar-refractivity contribution in [3.63, 3.8) is 0 Å². The molecule has 7 heteroatoms. The first kappa shape index (κ1) is 13.3. The normalized spacial score (nSPS) is 16.0. The van der Waals surface area contributed by atoms with E-state index in [1.54, 1.807) is 0 Å². The first-order valence-electron chi connectivity index (χ1n) is 6.11. The van der Waals surface area contributed by atoms with Crippen LogP contribution >= 0.6 is 0 Å². The fourth-order valence-electron chi connectivity index (χ4n) is 2.09. The van der Waals surface area contributed by atoms with Crippen molar-refractivity contribution in [2.24, 2.45) is 0 Å². The Balaban J connectivity index is 2.23. The van der Waals surface area contributed by atoms with E-state index < -0.39 is 10.9 Å². The third-order valence-electron chi connectivity index (χ3n) is 3.08. The molecule has 0 saturated carbocycles. The number of nitro benzene ring substituents is 1. The number of nitro groups is 1. The minimum absolute atomic E-state index is 0.0871. The summed E-state index contributed by atoms with van der Waals surface area (Å²) < 4.78 is 0. The Morgan fingerprint density at radius 1 is 1.32 bits per heavy atom. The van der Waals surface area contributed by atoms with Gasteiger partial charge in [0, 0.05) is 19.2 Å². The summed E-state index contributed by atoms with van der Waals surface area (Å²) in [5.41, 5.74) is 3.02. The monoisotopic (exact) mass is 265 g/mol. The first-order valence-corrected chi connectivity index (χ1v) is 6.11. The van der Waals surface area contributed by atoms with Crippen LogP contribution in [0.3, 0.4) is 0 Å². The van der Waals surface area contributed by atoms with Gasteiger partial charge in [0.1, 0.15) is 5.69 Å². The van der Waals surface area contributed by atoms with Crippen molar-refractivity contribution in [1.82, 2.24) is 5.01 Å². The van der Waals surface area contributed by atoms with Crippen LogP contribution in [0.5, 0.6) is 0 Å². The van der Waals surface area contributed by atoms with Gasteiger partial charge in [-0.05, 0) is 25.0 Å². The van der Waals surface area contributed by atoms with Crippen molar-refractivity contribution >= 4 is 17.3 Å². The highest BCUT2D eigenvalue weighted by molar-refractivity contribution is 5.89. The van der Waals surface area contributed by atoms with Crippen LogP contribution in [0, 0.1) is 10.1 Å². The molecule has 102 valence electrons. The number of piperidine rings is 1. The Kier molecular flexibility index (Phi) is 3.96. The van der Waals surface area contributed by atoms with Gasteiger partial charge in [0.05, 0.1) is 10.5 Å². The quantitative estimate of drug-likeness (QED) is 0.639. The molecule has 0 aliphatic carbocycles. The lowest BCUT2D eigenvalue weighted by Gasteiger charge is -2.27. The van der Waals surface area contributed by atoms with E-state index >= 15 is 0 Å². The van der Waals surface area contributed by atoms with Gasteiger partial charge in [-0.1, -0.05) is 6.42 Å². The first-order chi connectivity index (χ1) is 9.08. The molecule has 1 aliphatic rings. The van der Waals surface area contributed by atoms with E-state index in [4.69, 9.17) is 5.11 Å². The van der Waals surface area contributed by atoms with Gasteiger partial charge < -0.3 is 10.5 Å². The van der Waals surface area contributed by atoms with Crippen LogP contribution < -0.4 is 5.43 Å². The maximum atomic E-state index is 11.0. The molecule has 1 saturated heterocycles. The average Bonchev–Trinajstić information content (AvgIpc) is 2.39. The van der Waals surface area contributed by atoms with Crippen LogP contribution in [0.15, 0.2) is 18.2 Å². The molecule has 1 aliphatic heterocycles. The van der Waals surface area contributed by atoms with Gasteiger partial charge >= 0.3 is 5.97 Å². The molecule has 0 amide bonds. The Morgan fingerprint density at radius 3 is 2.58 bits per heavy atom. The topological polar surface area (TPSA) is 95.7 Å². The summed E-state index contributed by atoms with van der Waals surface area (Å²) in [6.07, 6.45) is 3.26. The number of anilines is 1. The summed E-state index contributed by atoms with van der Waals surface area (Å²) in [6.45, 7) is 1.66. The molecule has 1 aromatic carbocycles. The third kappa shape index (κ3) is 3.19. The highest BCUT2D eigenvalue weighted by Gasteiger charge is 2.19. The van der Waals surface area contributed by atoms with Gasteiger partial charge in [0.15, 0.2) is 0 Å². The van der Waals surface area contributed by atoms with Gasteiger partial charge in [-0.15, -0.1) is 0 Å². The van der Waals surface area contributed by atoms with Gasteiger partial charge in [-0.3, -0.25) is 10.1 Å². The molecule has 0 bridgehead atoms. The summed E-state index contributed by atoms with van der Waals surface area (Å²) in [7, 11) is 0. The SMILES string of the molecule is O=C(O)c1ccc(NN2CCCCC2)c([N+](=O)[O-])c1. The molecular weight excluding hydrogens is 250 g/mol. The van der Waals surface area contributed by atoms with Crippen LogP contribution in [0.25, 0.3) is 0 Å². The number of hydrazine groups is 1. The lowest BCUT2D eigenvalue weighted by molar-refractivity contribution is -0.384. The molecule has 2 rings (SSSR count). The van der Waals surface area contributed by atoms with Crippen LogP contribution in [-0.4, -0.2) is 34.1 Å². The van der Waals surface area contributed by atoms with E-state index in [0.717, 1.165) is 38.4 Å². The average molecular weight is 265 g/mol. The molecule has 0 unspecified atom stereocenters. The van der Waals surface area contributed by atoms with Crippen molar-refractivity contribution in [2.45, 2.75) is 19.3 Å². The van der Waals surface area contributed by atoms with Crippen molar-refractivity contribution < 1.29 is 14.8 Å². The van der Waals surface area contributed by atoms with Crippen LogP contribution in [0.4, 0.5) is 11.4 Å². The molecule has 7 nitrogen and oxygen atoms in total. The maximum Gasteiger partial charge on any atom is 0.335 e. The summed E-state index contributed by atoms with van der Waals surface area (Å²) in [4.78, 5) is 21.2. The number of aromatic carboxylic acids is 1. The molecule has 1 heterocycles. The van der Waals surface area contributed by atoms with Crippen molar-refractivity contribution in [3.05, 3.63) is 33.9 Å². The van der Waals surface area contributed by atoms with E-state index in [-0.39, 0.29) is 11.3 Å². The summed E-state index contributed by atoms with van der Waals surface area (Å²) in [6, 6.07) is 3.88. The molecule has 2 N–H and O–H groups in total. The number of carboxylic acid groups (broad SMARTS) is 1. The number of rotatable bonds is 4. The van der Waals surface area contributed by atoms with Crippen molar-refractivity contribution in [1.29, 1.82) is 0 Å². The number of carboxylic acids is 1. The second-order valence-electron chi connectivity index (χ2n) is 4.45. The van der Waals surface area contributed by atoms with Gasteiger partial charge in [0.2, 0.25) is 0 Å². The predicted molar refractivity (Wildman–Crippen MR) is 69.1 cm³/mol. The standard InChI is InChI=1S/C12H15N3O4/c16-12(17)9-4-5-10(11(8-9)15(18)19)13-14-6-2-1-3-7-14/h4-5,8,13H,1-3,6-7H2,(H,16,17). The minimum Gasteiger partial charge on any atom is -0.478 e. The second-order valence-corrected chi connectivity index (χ2v) is 4.45. The zero-order valence-electron chi connectivity index (χ0n) is 10.3. The van der Waals surface area contributed by atoms with Crippen LogP contribution in [0.2, 0.25) is 0 Å². The lowest BCUT2D eigenvalue weighted by atomic mass is 10.1. The lowest BCUT2D eigenvalue weighted by Crippen LogP contribution is -2.35. The highest BCUT2D eigenvalue weighted by atomic mass is 16.6. The Bertz CT molecular complexity index is 498. The van der Waals surface area contributed by atoms with Crippen molar-refractivity contribution in [3.8, 4) is 0 Å². The Hall–Kier alpha value is -2.15. The van der Waals surface area contributed by atoms with E-state index in [1.165, 1.54) is 12.1 Å². The van der Waals surface area contributed by atoms with Gasteiger partial charge in [-0.25, -0.2) is 9.80 Å². The molecular formula is C12H15N3O4. The van der Waals surface area contributed by atoms with Gasteiger partial charge in [-0.2, -0.15) is 0 Å². The number of carbonyl (C=O) groups is 1. The summed E-state index contributed by atoms with van der Waals surface area (Å²) >= 11 is 0. The van der Waals surface area contributed by atoms with E-state index in [0.29, 0.717) is 5.69 Å². The van der Waals surface area contributed by atoms with E-state index in [9.17, 15) is 14.9 Å². The molecule has 1 aromatic rings. The number of hydrogen-bond donors (Lipinski definition) is 2. The zero-order valence-corrected chi connectivity index (χ0v) is 10.3. The Morgan fingerprint density at radius 2 is 2.00 bits per heavy atom. The molecule has 1 fully saturated rings. The Labute approximate surface area is 110 Å². The molecule has 19 heavy (non-hydrogen) atoms. The smallest absolute Gasteiger partial charge is 0.335 e. The largest absolute Gasteiger partial charge is 0.478 e.